The zero-order chi connectivity index (χ0) is 13.0. The van der Waals surface area contributed by atoms with Gasteiger partial charge in [0, 0.05) is 50.0 Å². The minimum Gasteiger partial charge on any atom is -0.350 e. The summed E-state index contributed by atoms with van der Waals surface area (Å²) in [4.78, 5) is 10.7. The zero-order valence-corrected chi connectivity index (χ0v) is 11.9. The minimum absolute atomic E-state index is 0.398. The summed E-state index contributed by atoms with van der Waals surface area (Å²) in [5.41, 5.74) is 0. The van der Waals surface area contributed by atoms with Crippen LogP contribution in [0.5, 0.6) is 0 Å². The molecule has 2 aromatic rings. The fourth-order valence-corrected chi connectivity index (χ4v) is 2.41. The van der Waals surface area contributed by atoms with Crippen LogP contribution >= 0.6 is 11.5 Å². The molecule has 98 valence electrons. The number of aromatic nitrogens is 4. The smallest absolute Gasteiger partial charge is 0.204 e. The average Bonchev–Trinajstić information content (AvgIpc) is 2.99. The lowest BCUT2D eigenvalue weighted by Gasteiger charge is -2.14. The van der Waals surface area contributed by atoms with E-state index in [1.165, 1.54) is 11.5 Å². The van der Waals surface area contributed by atoms with Gasteiger partial charge in [0.25, 0.3) is 0 Å². The molecule has 6 heteroatoms. The Labute approximate surface area is 112 Å². The molecule has 2 heterocycles. The molecule has 18 heavy (non-hydrogen) atoms. The van der Waals surface area contributed by atoms with Gasteiger partial charge in [-0.15, -0.1) is 0 Å². The van der Waals surface area contributed by atoms with Gasteiger partial charge in [-0.3, -0.25) is 0 Å². The Balaban J connectivity index is 1.81. The highest BCUT2D eigenvalue weighted by atomic mass is 32.1. The molecule has 2 aromatic heterocycles. The van der Waals surface area contributed by atoms with Gasteiger partial charge in [0.2, 0.25) is 5.13 Å². The van der Waals surface area contributed by atoms with Gasteiger partial charge in [-0.25, -0.2) is 9.97 Å². The lowest BCUT2D eigenvalue weighted by molar-refractivity contribution is 0.636. The third-order valence-electron chi connectivity index (χ3n) is 2.74. The van der Waals surface area contributed by atoms with Gasteiger partial charge in [0.15, 0.2) is 0 Å². The van der Waals surface area contributed by atoms with Crippen molar-refractivity contribution < 1.29 is 0 Å². The molecule has 0 atom stereocenters. The van der Waals surface area contributed by atoms with Crippen LogP contribution in [0.3, 0.4) is 0 Å². The van der Waals surface area contributed by atoms with E-state index in [2.05, 4.69) is 44.7 Å². The van der Waals surface area contributed by atoms with E-state index >= 15 is 0 Å². The second-order valence-electron chi connectivity index (χ2n) is 4.67. The van der Waals surface area contributed by atoms with Crippen LogP contribution in [0.15, 0.2) is 18.7 Å². The minimum atomic E-state index is 0.398. The Morgan fingerprint density at radius 3 is 2.89 bits per heavy atom. The number of hydrogen-bond donors (Lipinski definition) is 0. The number of imidazole rings is 1. The summed E-state index contributed by atoms with van der Waals surface area (Å²) in [7, 11) is 2.07. The Hall–Kier alpha value is -1.43. The van der Waals surface area contributed by atoms with Gasteiger partial charge in [0.05, 0.1) is 6.33 Å². The molecule has 0 aliphatic carbocycles. The monoisotopic (exact) mass is 265 g/mol. The van der Waals surface area contributed by atoms with Crippen molar-refractivity contribution in [2.75, 3.05) is 18.5 Å². The molecule has 0 bridgehead atoms. The summed E-state index contributed by atoms with van der Waals surface area (Å²) in [5, 5.41) is 1.00. The second-order valence-corrected chi connectivity index (χ2v) is 5.40. The summed E-state index contributed by atoms with van der Waals surface area (Å²) in [5.74, 6) is 1.34. The maximum atomic E-state index is 4.54. The molecule has 0 aromatic carbocycles. The van der Waals surface area contributed by atoms with Crippen molar-refractivity contribution >= 4 is 16.7 Å². The third kappa shape index (κ3) is 3.29. The van der Waals surface area contributed by atoms with E-state index in [-0.39, 0.29) is 0 Å². The highest BCUT2D eigenvalue weighted by molar-refractivity contribution is 7.09. The highest BCUT2D eigenvalue weighted by Gasteiger charge is 2.10. The predicted octanol–water partition coefficient (Wildman–Crippen LogP) is 2.38. The van der Waals surface area contributed by atoms with E-state index in [1.54, 1.807) is 0 Å². The standard InChI is InChI=1S/C12H19N5S/c1-10(2)11-14-12(18-15-11)16(3)6-4-7-17-8-5-13-9-17/h5,8-10H,4,6-7H2,1-3H3. The largest absolute Gasteiger partial charge is 0.350 e. The summed E-state index contributed by atoms with van der Waals surface area (Å²) in [6.45, 7) is 6.20. The maximum absolute atomic E-state index is 4.54. The molecular formula is C12H19N5S. The fraction of sp³-hybridized carbons (Fsp3) is 0.583. The summed E-state index contributed by atoms with van der Waals surface area (Å²) in [6.07, 6.45) is 6.72. The van der Waals surface area contributed by atoms with Crippen LogP contribution in [-0.4, -0.2) is 32.5 Å². The number of nitrogens with zero attached hydrogens (tertiary/aromatic N) is 5. The van der Waals surface area contributed by atoms with Crippen molar-refractivity contribution in [1.29, 1.82) is 0 Å². The van der Waals surface area contributed by atoms with Crippen molar-refractivity contribution in [3.63, 3.8) is 0 Å². The molecule has 5 nitrogen and oxygen atoms in total. The number of anilines is 1. The van der Waals surface area contributed by atoms with Crippen molar-refractivity contribution in [1.82, 2.24) is 18.9 Å². The Morgan fingerprint density at radius 1 is 1.44 bits per heavy atom. The lowest BCUT2D eigenvalue weighted by Crippen LogP contribution is -2.19. The SMILES string of the molecule is CC(C)c1nsc(N(C)CCCn2ccnc2)n1. The van der Waals surface area contributed by atoms with Gasteiger partial charge in [-0.05, 0) is 6.42 Å². The maximum Gasteiger partial charge on any atom is 0.204 e. The van der Waals surface area contributed by atoms with E-state index in [0.717, 1.165) is 30.5 Å². The Morgan fingerprint density at radius 2 is 2.28 bits per heavy atom. The van der Waals surface area contributed by atoms with Gasteiger partial charge in [-0.1, -0.05) is 13.8 Å². The first-order valence-electron chi connectivity index (χ1n) is 6.17. The number of aryl methyl sites for hydroxylation is 1. The van der Waals surface area contributed by atoms with Crippen molar-refractivity contribution in [3.05, 3.63) is 24.5 Å². The molecule has 0 aliphatic heterocycles. The summed E-state index contributed by atoms with van der Waals surface area (Å²) < 4.78 is 6.46. The van der Waals surface area contributed by atoms with Gasteiger partial charge < -0.3 is 9.47 Å². The first-order chi connectivity index (χ1) is 8.66. The molecule has 2 rings (SSSR count). The molecule has 0 N–H and O–H groups in total. The molecule has 0 saturated carbocycles. The summed E-state index contributed by atoms with van der Waals surface area (Å²) >= 11 is 1.48. The first kappa shape index (κ1) is 13.0. The molecule has 0 spiro atoms. The fourth-order valence-electron chi connectivity index (χ4n) is 1.62. The van der Waals surface area contributed by atoms with Crippen molar-refractivity contribution in [2.24, 2.45) is 0 Å². The third-order valence-corrected chi connectivity index (χ3v) is 3.59. The van der Waals surface area contributed by atoms with Gasteiger partial charge >= 0.3 is 0 Å². The molecule has 0 saturated heterocycles. The van der Waals surface area contributed by atoms with Crippen LogP contribution in [0.1, 0.15) is 32.0 Å². The topological polar surface area (TPSA) is 46.8 Å². The second kappa shape index (κ2) is 5.95. The summed E-state index contributed by atoms with van der Waals surface area (Å²) in [6, 6.07) is 0. The quantitative estimate of drug-likeness (QED) is 0.804. The van der Waals surface area contributed by atoms with Crippen LogP contribution in [-0.2, 0) is 6.54 Å². The molecule has 0 amide bonds. The normalized spacial score (nSPS) is 11.1. The van der Waals surface area contributed by atoms with Gasteiger partial charge in [-0.2, -0.15) is 4.37 Å². The number of rotatable bonds is 6. The van der Waals surface area contributed by atoms with E-state index in [0.29, 0.717) is 5.92 Å². The molecule has 0 unspecified atom stereocenters. The Kier molecular flexibility index (Phi) is 4.30. The molecule has 0 radical (unpaired) electrons. The molecule has 0 aliphatic rings. The van der Waals surface area contributed by atoms with Crippen molar-refractivity contribution in [2.45, 2.75) is 32.7 Å². The molecular weight excluding hydrogens is 246 g/mol. The Bertz CT molecular complexity index is 463. The van der Waals surface area contributed by atoms with Crippen LogP contribution < -0.4 is 4.90 Å². The van der Waals surface area contributed by atoms with Gasteiger partial charge in [0.1, 0.15) is 5.82 Å². The van der Waals surface area contributed by atoms with E-state index in [4.69, 9.17) is 0 Å². The van der Waals surface area contributed by atoms with Crippen LogP contribution in [0.4, 0.5) is 5.13 Å². The average molecular weight is 265 g/mol. The van der Waals surface area contributed by atoms with E-state index in [1.807, 2.05) is 18.7 Å². The highest BCUT2D eigenvalue weighted by Crippen LogP contribution is 2.20. The number of hydrogen-bond acceptors (Lipinski definition) is 5. The first-order valence-corrected chi connectivity index (χ1v) is 6.94. The predicted molar refractivity (Wildman–Crippen MR) is 74.1 cm³/mol. The van der Waals surface area contributed by atoms with E-state index < -0.39 is 0 Å². The van der Waals surface area contributed by atoms with Crippen LogP contribution in [0.25, 0.3) is 0 Å². The molecule has 0 fully saturated rings. The zero-order valence-electron chi connectivity index (χ0n) is 11.1. The van der Waals surface area contributed by atoms with E-state index in [9.17, 15) is 0 Å². The van der Waals surface area contributed by atoms with Crippen LogP contribution in [0.2, 0.25) is 0 Å². The van der Waals surface area contributed by atoms with Crippen LogP contribution in [0, 0.1) is 0 Å². The lowest BCUT2D eigenvalue weighted by atomic mass is 10.2. The van der Waals surface area contributed by atoms with Crippen molar-refractivity contribution in [3.8, 4) is 0 Å².